The molecule has 1 amide bonds. The predicted octanol–water partition coefficient (Wildman–Crippen LogP) is 1.19. The fourth-order valence-corrected chi connectivity index (χ4v) is 2.31. The van der Waals surface area contributed by atoms with Gasteiger partial charge in [-0.3, -0.25) is 9.89 Å². The van der Waals surface area contributed by atoms with Gasteiger partial charge in [0.25, 0.3) is 0 Å². The molecule has 0 atom stereocenters. The normalized spacial score (nSPS) is 20.2. The third kappa shape index (κ3) is 1.44. The number of nitrogens with zero attached hydrogens (tertiary/aromatic N) is 2. The Balaban J connectivity index is 1.88. The van der Waals surface area contributed by atoms with Gasteiger partial charge in [0.15, 0.2) is 0 Å². The minimum absolute atomic E-state index is 0.156. The minimum atomic E-state index is 0.156. The topological polar surface area (TPSA) is 49.0 Å². The van der Waals surface area contributed by atoms with E-state index < -0.39 is 0 Å². The molecule has 0 aromatic carbocycles. The average Bonchev–Trinajstić information content (AvgIpc) is 2.98. The third-order valence-corrected chi connectivity index (χ3v) is 3.37. The highest BCUT2D eigenvalue weighted by Crippen LogP contribution is 2.42. The molecule has 0 bridgehead atoms. The zero-order valence-electron chi connectivity index (χ0n) is 8.92. The van der Waals surface area contributed by atoms with Crippen LogP contribution in [-0.2, 0) is 17.8 Å². The average molecular weight is 205 g/mol. The predicted molar refractivity (Wildman–Crippen MR) is 55.4 cm³/mol. The van der Waals surface area contributed by atoms with Gasteiger partial charge in [-0.05, 0) is 19.3 Å². The number of rotatable bonds is 1. The lowest BCUT2D eigenvalue weighted by atomic mass is 10.0. The Labute approximate surface area is 88.7 Å². The SMILES string of the molecule is CC(=O)N1CCc2c(C3CC3)n[nH]c2C1. The molecule has 3 rings (SSSR count). The van der Waals surface area contributed by atoms with Gasteiger partial charge in [-0.2, -0.15) is 5.10 Å². The van der Waals surface area contributed by atoms with Crippen LogP contribution in [0, 0.1) is 0 Å². The van der Waals surface area contributed by atoms with Gasteiger partial charge in [-0.1, -0.05) is 0 Å². The zero-order valence-corrected chi connectivity index (χ0v) is 8.92. The molecule has 0 radical (unpaired) electrons. The standard InChI is InChI=1S/C11H15N3O/c1-7(15)14-5-4-9-10(6-14)12-13-11(9)8-2-3-8/h8H,2-6H2,1H3,(H,12,13). The van der Waals surface area contributed by atoms with Crippen LogP contribution in [0.4, 0.5) is 0 Å². The first-order valence-electron chi connectivity index (χ1n) is 5.57. The van der Waals surface area contributed by atoms with Crippen LogP contribution in [0.5, 0.6) is 0 Å². The summed E-state index contributed by atoms with van der Waals surface area (Å²) in [5.74, 6) is 0.858. The molecule has 1 N–H and O–H groups in total. The first kappa shape index (κ1) is 8.95. The maximum atomic E-state index is 11.3. The molecular weight excluding hydrogens is 190 g/mol. The van der Waals surface area contributed by atoms with Gasteiger partial charge >= 0.3 is 0 Å². The molecule has 0 unspecified atom stereocenters. The third-order valence-electron chi connectivity index (χ3n) is 3.37. The second-order valence-corrected chi connectivity index (χ2v) is 4.53. The number of aromatic nitrogens is 2. The smallest absolute Gasteiger partial charge is 0.219 e. The van der Waals surface area contributed by atoms with Crippen molar-refractivity contribution in [3.63, 3.8) is 0 Å². The molecule has 4 heteroatoms. The molecule has 1 aromatic heterocycles. The second kappa shape index (κ2) is 3.08. The first-order chi connectivity index (χ1) is 7.25. The van der Waals surface area contributed by atoms with Crippen molar-refractivity contribution in [3.05, 3.63) is 17.0 Å². The van der Waals surface area contributed by atoms with Gasteiger partial charge in [-0.15, -0.1) is 0 Å². The lowest BCUT2D eigenvalue weighted by Gasteiger charge is -2.25. The van der Waals surface area contributed by atoms with Crippen molar-refractivity contribution in [2.75, 3.05) is 6.54 Å². The van der Waals surface area contributed by atoms with Gasteiger partial charge in [0.1, 0.15) is 0 Å². The highest BCUT2D eigenvalue weighted by atomic mass is 16.2. The largest absolute Gasteiger partial charge is 0.337 e. The van der Waals surface area contributed by atoms with Gasteiger partial charge in [0, 0.05) is 24.9 Å². The number of nitrogens with one attached hydrogen (secondary N) is 1. The Morgan fingerprint density at radius 3 is 3.00 bits per heavy atom. The number of amides is 1. The summed E-state index contributed by atoms with van der Waals surface area (Å²) in [6, 6.07) is 0. The van der Waals surface area contributed by atoms with Gasteiger partial charge in [-0.25, -0.2) is 0 Å². The van der Waals surface area contributed by atoms with Crippen molar-refractivity contribution in [2.24, 2.45) is 0 Å². The Morgan fingerprint density at radius 1 is 1.53 bits per heavy atom. The number of carbonyl (C=O) groups excluding carboxylic acids is 1. The number of fused-ring (bicyclic) bond motifs is 1. The molecule has 1 aliphatic carbocycles. The van der Waals surface area contributed by atoms with Crippen LogP contribution in [0.25, 0.3) is 0 Å². The van der Waals surface area contributed by atoms with Crippen molar-refractivity contribution in [1.82, 2.24) is 15.1 Å². The van der Waals surface area contributed by atoms with E-state index in [1.54, 1.807) is 6.92 Å². The van der Waals surface area contributed by atoms with Gasteiger partial charge < -0.3 is 4.90 Å². The van der Waals surface area contributed by atoms with Crippen LogP contribution in [0.2, 0.25) is 0 Å². The Hall–Kier alpha value is -1.32. The molecule has 2 aliphatic rings. The van der Waals surface area contributed by atoms with E-state index in [2.05, 4.69) is 10.2 Å². The van der Waals surface area contributed by atoms with Crippen molar-refractivity contribution in [3.8, 4) is 0 Å². The summed E-state index contributed by atoms with van der Waals surface area (Å²) in [4.78, 5) is 13.1. The quantitative estimate of drug-likeness (QED) is 0.748. The maximum absolute atomic E-state index is 11.3. The monoisotopic (exact) mass is 205 g/mol. The molecule has 2 heterocycles. The summed E-state index contributed by atoms with van der Waals surface area (Å²) in [7, 11) is 0. The fourth-order valence-electron chi connectivity index (χ4n) is 2.31. The second-order valence-electron chi connectivity index (χ2n) is 4.53. The Morgan fingerprint density at radius 2 is 2.33 bits per heavy atom. The summed E-state index contributed by atoms with van der Waals surface area (Å²) < 4.78 is 0. The summed E-state index contributed by atoms with van der Waals surface area (Å²) in [5, 5.41) is 7.48. The molecule has 15 heavy (non-hydrogen) atoms. The molecule has 1 saturated carbocycles. The van der Waals surface area contributed by atoms with E-state index in [0.717, 1.165) is 18.7 Å². The molecule has 1 aliphatic heterocycles. The van der Waals surface area contributed by atoms with E-state index in [9.17, 15) is 4.79 Å². The van der Waals surface area contributed by atoms with Crippen molar-refractivity contribution in [1.29, 1.82) is 0 Å². The van der Waals surface area contributed by atoms with Crippen LogP contribution in [-0.4, -0.2) is 27.5 Å². The summed E-state index contributed by atoms with van der Waals surface area (Å²) in [6.07, 6.45) is 3.54. The van der Waals surface area contributed by atoms with E-state index in [1.165, 1.54) is 24.1 Å². The summed E-state index contributed by atoms with van der Waals surface area (Å²) >= 11 is 0. The van der Waals surface area contributed by atoms with Crippen LogP contribution >= 0.6 is 0 Å². The Kier molecular flexibility index (Phi) is 1.84. The number of H-pyrrole nitrogens is 1. The number of hydrogen-bond acceptors (Lipinski definition) is 2. The zero-order chi connectivity index (χ0) is 10.4. The summed E-state index contributed by atoms with van der Waals surface area (Å²) in [5.41, 5.74) is 3.81. The van der Waals surface area contributed by atoms with Crippen LogP contribution in [0.1, 0.15) is 42.6 Å². The van der Waals surface area contributed by atoms with Crippen molar-refractivity contribution < 1.29 is 4.79 Å². The maximum Gasteiger partial charge on any atom is 0.219 e. The molecule has 1 aromatic rings. The van der Waals surface area contributed by atoms with E-state index in [0.29, 0.717) is 12.5 Å². The van der Waals surface area contributed by atoms with Crippen LogP contribution in [0.3, 0.4) is 0 Å². The van der Waals surface area contributed by atoms with E-state index in [4.69, 9.17) is 0 Å². The molecule has 80 valence electrons. The van der Waals surface area contributed by atoms with Gasteiger partial charge in [0.2, 0.25) is 5.91 Å². The number of carbonyl (C=O) groups is 1. The molecule has 0 saturated heterocycles. The molecule has 0 spiro atoms. The molecule has 4 nitrogen and oxygen atoms in total. The van der Waals surface area contributed by atoms with Crippen LogP contribution < -0.4 is 0 Å². The Bertz CT molecular complexity index is 406. The van der Waals surface area contributed by atoms with E-state index in [-0.39, 0.29) is 5.91 Å². The number of hydrogen-bond donors (Lipinski definition) is 1. The number of aromatic amines is 1. The molecule has 1 fully saturated rings. The minimum Gasteiger partial charge on any atom is -0.337 e. The van der Waals surface area contributed by atoms with Crippen molar-refractivity contribution in [2.45, 2.75) is 38.6 Å². The fraction of sp³-hybridized carbons (Fsp3) is 0.636. The molecular formula is C11H15N3O. The first-order valence-corrected chi connectivity index (χ1v) is 5.57. The highest BCUT2D eigenvalue weighted by molar-refractivity contribution is 5.73. The summed E-state index contributed by atoms with van der Waals surface area (Å²) in [6.45, 7) is 3.19. The lowest BCUT2D eigenvalue weighted by Crippen LogP contribution is -2.34. The lowest BCUT2D eigenvalue weighted by molar-refractivity contribution is -0.129. The van der Waals surface area contributed by atoms with Crippen molar-refractivity contribution >= 4 is 5.91 Å². The highest BCUT2D eigenvalue weighted by Gasteiger charge is 2.32. The van der Waals surface area contributed by atoms with E-state index >= 15 is 0 Å². The van der Waals surface area contributed by atoms with Crippen LogP contribution in [0.15, 0.2) is 0 Å². The van der Waals surface area contributed by atoms with E-state index in [1.807, 2.05) is 4.90 Å². The van der Waals surface area contributed by atoms with Gasteiger partial charge in [0.05, 0.1) is 17.9 Å².